The molecule has 2 atom stereocenters. The second kappa shape index (κ2) is 6.72. The van der Waals surface area contributed by atoms with Crippen LogP contribution >= 0.6 is 11.8 Å². The number of aliphatic carboxylic acids is 1. The van der Waals surface area contributed by atoms with E-state index in [1.54, 1.807) is 11.8 Å². The first-order valence-corrected chi connectivity index (χ1v) is 6.18. The molecule has 94 valence electrons. The van der Waals surface area contributed by atoms with Gasteiger partial charge in [-0.05, 0) is 25.4 Å². The van der Waals surface area contributed by atoms with E-state index in [-0.39, 0.29) is 6.54 Å². The van der Waals surface area contributed by atoms with Gasteiger partial charge in [-0.15, -0.1) is 0 Å². The number of amides is 1. The number of carbonyl (C=O) groups excluding carboxylic acids is 1. The number of thioether (sulfide) groups is 1. The van der Waals surface area contributed by atoms with E-state index in [0.717, 1.165) is 12.7 Å². The molecule has 16 heavy (non-hydrogen) atoms. The van der Waals surface area contributed by atoms with Crippen LogP contribution in [-0.2, 0) is 9.59 Å². The van der Waals surface area contributed by atoms with Gasteiger partial charge in [-0.1, -0.05) is 0 Å². The maximum atomic E-state index is 11.4. The fourth-order valence-corrected chi connectivity index (χ4v) is 1.33. The Morgan fingerprint density at radius 2 is 2.12 bits per heavy atom. The lowest BCUT2D eigenvalue weighted by molar-refractivity contribution is -0.156. The molecule has 0 rings (SSSR count). The van der Waals surface area contributed by atoms with Crippen molar-refractivity contribution in [2.24, 2.45) is 5.73 Å². The SMILES string of the molecule is CSCC[C@H](N)C(=O)NCC(C)(O)C(=O)O. The summed E-state index contributed by atoms with van der Waals surface area (Å²) in [7, 11) is 0. The Morgan fingerprint density at radius 3 is 2.56 bits per heavy atom. The zero-order valence-electron chi connectivity index (χ0n) is 9.40. The van der Waals surface area contributed by atoms with Crippen LogP contribution in [0.15, 0.2) is 0 Å². The first-order valence-electron chi connectivity index (χ1n) is 4.79. The quantitative estimate of drug-likeness (QED) is 0.462. The van der Waals surface area contributed by atoms with E-state index in [2.05, 4.69) is 5.32 Å². The average Bonchev–Trinajstić information content (AvgIpc) is 2.22. The van der Waals surface area contributed by atoms with E-state index in [4.69, 9.17) is 10.8 Å². The summed E-state index contributed by atoms with van der Waals surface area (Å²) in [5.41, 5.74) is 3.59. The molecule has 0 bridgehead atoms. The van der Waals surface area contributed by atoms with Gasteiger partial charge in [0.1, 0.15) is 0 Å². The Labute approximate surface area is 98.6 Å². The molecule has 7 heteroatoms. The normalized spacial score (nSPS) is 16.2. The zero-order valence-corrected chi connectivity index (χ0v) is 10.2. The Bertz CT molecular complexity index is 258. The second-order valence-corrected chi connectivity index (χ2v) is 4.67. The number of nitrogens with one attached hydrogen (secondary N) is 1. The third-order valence-electron chi connectivity index (χ3n) is 2.04. The third-order valence-corrected chi connectivity index (χ3v) is 2.68. The van der Waals surface area contributed by atoms with Crippen molar-refractivity contribution in [1.82, 2.24) is 5.32 Å². The van der Waals surface area contributed by atoms with Crippen LogP contribution in [-0.4, -0.2) is 52.3 Å². The molecule has 1 amide bonds. The maximum absolute atomic E-state index is 11.4. The number of hydrogen-bond acceptors (Lipinski definition) is 5. The third kappa shape index (κ3) is 5.34. The van der Waals surface area contributed by atoms with Crippen molar-refractivity contribution in [3.05, 3.63) is 0 Å². The molecule has 0 aliphatic heterocycles. The summed E-state index contributed by atoms with van der Waals surface area (Å²) in [6.45, 7) is 0.761. The number of nitrogens with two attached hydrogens (primary N) is 1. The monoisotopic (exact) mass is 250 g/mol. The zero-order chi connectivity index (χ0) is 12.8. The number of hydrogen-bond donors (Lipinski definition) is 4. The van der Waals surface area contributed by atoms with Crippen LogP contribution in [0, 0.1) is 0 Å². The number of carboxylic acid groups (broad SMARTS) is 1. The Morgan fingerprint density at radius 1 is 1.56 bits per heavy atom. The van der Waals surface area contributed by atoms with Crippen LogP contribution in [0.1, 0.15) is 13.3 Å². The van der Waals surface area contributed by atoms with Gasteiger partial charge in [0.15, 0.2) is 5.60 Å². The molecule has 0 heterocycles. The highest BCUT2D eigenvalue weighted by Crippen LogP contribution is 2.02. The first-order chi connectivity index (χ1) is 7.31. The molecule has 0 saturated heterocycles. The molecule has 0 radical (unpaired) electrons. The van der Waals surface area contributed by atoms with Crippen molar-refractivity contribution >= 4 is 23.6 Å². The van der Waals surface area contributed by atoms with E-state index in [1.165, 1.54) is 0 Å². The van der Waals surface area contributed by atoms with E-state index < -0.39 is 23.5 Å². The average molecular weight is 250 g/mol. The molecule has 0 fully saturated rings. The largest absolute Gasteiger partial charge is 0.479 e. The Kier molecular flexibility index (Phi) is 6.39. The van der Waals surface area contributed by atoms with Gasteiger partial charge in [-0.2, -0.15) is 11.8 Å². The van der Waals surface area contributed by atoms with Gasteiger partial charge >= 0.3 is 5.97 Å². The fraction of sp³-hybridized carbons (Fsp3) is 0.778. The molecule has 0 aliphatic carbocycles. The summed E-state index contributed by atoms with van der Waals surface area (Å²) >= 11 is 1.57. The molecular formula is C9H18N2O4S. The van der Waals surface area contributed by atoms with Gasteiger partial charge in [0.25, 0.3) is 0 Å². The van der Waals surface area contributed by atoms with Gasteiger partial charge in [0, 0.05) is 0 Å². The summed E-state index contributed by atoms with van der Waals surface area (Å²) in [5.74, 6) is -1.08. The van der Waals surface area contributed by atoms with E-state index in [1.807, 2.05) is 6.26 Å². The summed E-state index contributed by atoms with van der Waals surface area (Å²) in [6.07, 6.45) is 2.42. The molecule has 0 aromatic rings. The molecule has 5 N–H and O–H groups in total. The van der Waals surface area contributed by atoms with Crippen molar-refractivity contribution in [3.63, 3.8) is 0 Å². The maximum Gasteiger partial charge on any atom is 0.337 e. The highest BCUT2D eigenvalue weighted by molar-refractivity contribution is 7.98. The first kappa shape index (κ1) is 15.2. The van der Waals surface area contributed by atoms with Crippen molar-refractivity contribution < 1.29 is 19.8 Å². The number of rotatable bonds is 7. The predicted molar refractivity (Wildman–Crippen MR) is 62.2 cm³/mol. The molecule has 6 nitrogen and oxygen atoms in total. The van der Waals surface area contributed by atoms with Crippen molar-refractivity contribution in [2.45, 2.75) is 25.0 Å². The Hall–Kier alpha value is -0.790. The lowest BCUT2D eigenvalue weighted by atomic mass is 10.1. The number of aliphatic hydroxyl groups is 1. The molecule has 0 aromatic heterocycles. The van der Waals surface area contributed by atoms with Crippen LogP contribution in [0.4, 0.5) is 0 Å². The Balaban J connectivity index is 4.02. The predicted octanol–water partition coefficient (Wildman–Crippen LogP) is -0.981. The van der Waals surface area contributed by atoms with Crippen LogP contribution in [0.3, 0.4) is 0 Å². The van der Waals surface area contributed by atoms with Crippen molar-refractivity contribution in [1.29, 1.82) is 0 Å². The molecule has 0 spiro atoms. The fourth-order valence-electron chi connectivity index (χ4n) is 0.842. The number of carbonyl (C=O) groups is 2. The van der Waals surface area contributed by atoms with Gasteiger partial charge < -0.3 is 21.3 Å². The lowest BCUT2D eigenvalue weighted by Crippen LogP contribution is -2.50. The summed E-state index contributed by atoms with van der Waals surface area (Å²) in [5, 5.41) is 20.2. The second-order valence-electron chi connectivity index (χ2n) is 3.68. The van der Waals surface area contributed by atoms with E-state index in [0.29, 0.717) is 6.42 Å². The number of carboxylic acids is 1. The highest BCUT2D eigenvalue weighted by atomic mass is 32.2. The standard InChI is InChI=1S/C9H18N2O4S/c1-9(15,8(13)14)5-11-7(12)6(10)3-4-16-2/h6,15H,3-5,10H2,1-2H3,(H,11,12)(H,13,14)/t6-,9?/m0/s1. The van der Waals surface area contributed by atoms with Gasteiger partial charge in [-0.3, -0.25) is 4.79 Å². The van der Waals surface area contributed by atoms with Gasteiger partial charge in [0.05, 0.1) is 12.6 Å². The summed E-state index contributed by atoms with van der Waals surface area (Å²) in [4.78, 5) is 21.9. The molecule has 0 aliphatic rings. The molecular weight excluding hydrogens is 232 g/mol. The summed E-state index contributed by atoms with van der Waals surface area (Å²) in [6, 6.07) is -0.669. The molecule has 1 unspecified atom stereocenters. The van der Waals surface area contributed by atoms with E-state index in [9.17, 15) is 14.7 Å². The highest BCUT2D eigenvalue weighted by Gasteiger charge is 2.30. The minimum Gasteiger partial charge on any atom is -0.479 e. The van der Waals surface area contributed by atoms with Crippen LogP contribution < -0.4 is 11.1 Å². The molecule has 0 aromatic carbocycles. The van der Waals surface area contributed by atoms with Crippen molar-refractivity contribution in [3.8, 4) is 0 Å². The molecule has 0 saturated carbocycles. The van der Waals surface area contributed by atoms with Crippen LogP contribution in [0.5, 0.6) is 0 Å². The minimum absolute atomic E-state index is 0.353. The van der Waals surface area contributed by atoms with E-state index >= 15 is 0 Å². The van der Waals surface area contributed by atoms with Crippen LogP contribution in [0.25, 0.3) is 0 Å². The minimum atomic E-state index is -1.96. The lowest BCUT2D eigenvalue weighted by Gasteiger charge is -2.19. The van der Waals surface area contributed by atoms with Gasteiger partial charge in [-0.25, -0.2) is 4.79 Å². The van der Waals surface area contributed by atoms with Gasteiger partial charge in [0.2, 0.25) is 5.91 Å². The van der Waals surface area contributed by atoms with Crippen molar-refractivity contribution in [2.75, 3.05) is 18.6 Å². The van der Waals surface area contributed by atoms with Crippen LogP contribution in [0.2, 0.25) is 0 Å². The summed E-state index contributed by atoms with van der Waals surface area (Å²) < 4.78 is 0. The topological polar surface area (TPSA) is 113 Å². The smallest absolute Gasteiger partial charge is 0.337 e.